The second kappa shape index (κ2) is 11.2. The van der Waals surface area contributed by atoms with E-state index in [-0.39, 0.29) is 5.91 Å². The zero-order valence-electron chi connectivity index (χ0n) is 17.6. The van der Waals surface area contributed by atoms with Crippen LogP contribution in [0.15, 0.2) is 76.1 Å². The Bertz CT molecular complexity index is 946. The lowest BCUT2D eigenvalue weighted by atomic mass is 9.81. The highest BCUT2D eigenvalue weighted by atomic mass is 32.2. The van der Waals surface area contributed by atoms with Crippen LogP contribution < -0.4 is 10.6 Å². The fourth-order valence-corrected chi connectivity index (χ4v) is 4.85. The van der Waals surface area contributed by atoms with E-state index in [0.717, 1.165) is 48.7 Å². The minimum Gasteiger partial charge on any atom is -0.360 e. The number of nitrogens with one attached hydrogen (secondary N) is 2. The zero-order valence-corrected chi connectivity index (χ0v) is 18.4. The molecule has 5 nitrogen and oxygen atoms in total. The number of aromatic nitrogens is 1. The van der Waals surface area contributed by atoms with Crippen molar-refractivity contribution in [1.29, 1.82) is 0 Å². The van der Waals surface area contributed by atoms with Gasteiger partial charge in [-0.3, -0.25) is 4.79 Å². The van der Waals surface area contributed by atoms with Crippen LogP contribution in [-0.2, 0) is 23.5 Å². The number of carbonyl (C=O) groups is 1. The van der Waals surface area contributed by atoms with Crippen molar-refractivity contribution >= 4 is 17.7 Å². The Labute approximate surface area is 188 Å². The molecule has 1 aliphatic heterocycles. The zero-order chi connectivity index (χ0) is 21.3. The van der Waals surface area contributed by atoms with Gasteiger partial charge in [0.2, 0.25) is 5.91 Å². The van der Waals surface area contributed by atoms with Gasteiger partial charge in [0.25, 0.3) is 0 Å². The predicted molar refractivity (Wildman–Crippen MR) is 124 cm³/mol. The highest BCUT2D eigenvalue weighted by molar-refractivity contribution is 7.98. The van der Waals surface area contributed by atoms with Gasteiger partial charge in [0, 0.05) is 23.9 Å². The summed E-state index contributed by atoms with van der Waals surface area (Å²) in [5, 5.41) is 10.8. The van der Waals surface area contributed by atoms with Crippen LogP contribution in [0.4, 0.5) is 0 Å². The maximum Gasteiger partial charge on any atom is 0.220 e. The number of nitrogens with zero attached hydrogens (tertiary/aromatic N) is 1. The largest absolute Gasteiger partial charge is 0.360 e. The van der Waals surface area contributed by atoms with E-state index in [2.05, 4.69) is 34.0 Å². The van der Waals surface area contributed by atoms with E-state index in [9.17, 15) is 4.79 Å². The monoisotopic (exact) mass is 435 g/mol. The second-order valence-electron chi connectivity index (χ2n) is 8.07. The van der Waals surface area contributed by atoms with Crippen LogP contribution in [0, 0.1) is 11.8 Å². The van der Waals surface area contributed by atoms with Crippen LogP contribution in [-0.4, -0.2) is 24.2 Å². The summed E-state index contributed by atoms with van der Waals surface area (Å²) < 4.78 is 5.56. The molecule has 4 rings (SSSR count). The van der Waals surface area contributed by atoms with E-state index < -0.39 is 0 Å². The first-order valence-corrected chi connectivity index (χ1v) is 11.9. The van der Waals surface area contributed by atoms with Crippen LogP contribution in [0.25, 0.3) is 0 Å². The summed E-state index contributed by atoms with van der Waals surface area (Å²) >= 11 is 1.75. The maximum atomic E-state index is 12.5. The molecule has 1 fully saturated rings. The molecule has 0 unspecified atom stereocenters. The fraction of sp³-hybridized carbons (Fsp3) is 0.360. The lowest BCUT2D eigenvalue weighted by Gasteiger charge is -2.31. The van der Waals surface area contributed by atoms with E-state index in [0.29, 0.717) is 24.8 Å². The predicted octanol–water partition coefficient (Wildman–Crippen LogP) is 4.44. The van der Waals surface area contributed by atoms with Gasteiger partial charge in [-0.25, -0.2) is 0 Å². The smallest absolute Gasteiger partial charge is 0.220 e. The molecule has 1 aromatic heterocycles. The molecule has 0 aliphatic carbocycles. The van der Waals surface area contributed by atoms with E-state index in [1.165, 1.54) is 4.90 Å². The van der Waals surface area contributed by atoms with Crippen molar-refractivity contribution in [3.63, 3.8) is 0 Å². The van der Waals surface area contributed by atoms with Gasteiger partial charge in [-0.05, 0) is 55.5 Å². The van der Waals surface area contributed by atoms with E-state index in [1.54, 1.807) is 11.8 Å². The first-order valence-electron chi connectivity index (χ1n) is 10.9. The van der Waals surface area contributed by atoms with Gasteiger partial charge in [0.1, 0.15) is 5.76 Å². The molecule has 0 radical (unpaired) electrons. The van der Waals surface area contributed by atoms with Crippen LogP contribution in [0.3, 0.4) is 0 Å². The Morgan fingerprint density at radius 1 is 1.10 bits per heavy atom. The molecule has 1 saturated heterocycles. The van der Waals surface area contributed by atoms with Crippen molar-refractivity contribution in [2.24, 2.45) is 11.8 Å². The normalized spacial score (nSPS) is 18.6. The third kappa shape index (κ3) is 6.71. The number of hydrogen-bond acceptors (Lipinski definition) is 5. The summed E-state index contributed by atoms with van der Waals surface area (Å²) in [5.41, 5.74) is 2.10. The van der Waals surface area contributed by atoms with E-state index in [1.807, 2.05) is 48.5 Å². The Morgan fingerprint density at radius 2 is 1.87 bits per heavy atom. The Kier molecular flexibility index (Phi) is 7.80. The number of amides is 1. The maximum absolute atomic E-state index is 12.5. The highest BCUT2D eigenvalue weighted by Crippen LogP contribution is 2.27. The summed E-state index contributed by atoms with van der Waals surface area (Å²) in [4.78, 5) is 13.8. The molecule has 2 heterocycles. The molecule has 0 saturated carbocycles. The van der Waals surface area contributed by atoms with Gasteiger partial charge >= 0.3 is 0 Å². The molecule has 3 aromatic rings. The lowest BCUT2D eigenvalue weighted by Crippen LogP contribution is -2.40. The van der Waals surface area contributed by atoms with Gasteiger partial charge < -0.3 is 15.2 Å². The molecule has 2 aromatic carbocycles. The topological polar surface area (TPSA) is 67.2 Å². The summed E-state index contributed by atoms with van der Waals surface area (Å²) in [5.74, 6) is 2.53. The molecule has 0 spiro atoms. The van der Waals surface area contributed by atoms with Gasteiger partial charge in [-0.15, -0.1) is 11.8 Å². The number of hydrogen-bond donors (Lipinski definition) is 2. The number of thioether (sulfide) groups is 1. The molecule has 2 N–H and O–H groups in total. The third-order valence-corrected chi connectivity index (χ3v) is 6.78. The van der Waals surface area contributed by atoms with Crippen molar-refractivity contribution in [2.75, 3.05) is 13.1 Å². The first-order chi connectivity index (χ1) is 15.3. The molecule has 2 atom stereocenters. The number of benzene rings is 2. The average Bonchev–Trinajstić information content (AvgIpc) is 3.26. The summed E-state index contributed by atoms with van der Waals surface area (Å²) in [6.07, 6.45) is 2.41. The van der Waals surface area contributed by atoms with Crippen molar-refractivity contribution in [2.45, 2.75) is 36.5 Å². The van der Waals surface area contributed by atoms with Crippen LogP contribution in [0.5, 0.6) is 0 Å². The third-order valence-electron chi connectivity index (χ3n) is 5.75. The van der Waals surface area contributed by atoms with Crippen molar-refractivity contribution in [3.8, 4) is 0 Å². The lowest BCUT2D eigenvalue weighted by molar-refractivity contribution is -0.122. The number of piperidine rings is 1. The average molecular weight is 436 g/mol. The van der Waals surface area contributed by atoms with Crippen molar-refractivity contribution in [3.05, 3.63) is 83.7 Å². The second-order valence-corrected chi connectivity index (χ2v) is 9.12. The number of carbonyl (C=O) groups excluding carboxylic acids is 1. The Balaban J connectivity index is 1.27. The minimum atomic E-state index is 0.126. The Morgan fingerprint density at radius 3 is 2.68 bits per heavy atom. The first kappa shape index (κ1) is 21.7. The molecule has 6 heteroatoms. The van der Waals surface area contributed by atoms with Crippen LogP contribution in [0.2, 0.25) is 0 Å². The van der Waals surface area contributed by atoms with Gasteiger partial charge in [-0.2, -0.15) is 0 Å². The molecule has 0 bridgehead atoms. The van der Waals surface area contributed by atoms with Crippen molar-refractivity contribution < 1.29 is 9.32 Å². The molecule has 1 aliphatic rings. The fourth-order valence-electron chi connectivity index (χ4n) is 4.05. The molecule has 162 valence electrons. The van der Waals surface area contributed by atoms with Gasteiger partial charge in [0.05, 0.1) is 11.4 Å². The number of rotatable bonds is 9. The Hall–Kier alpha value is -2.57. The summed E-state index contributed by atoms with van der Waals surface area (Å²) in [6, 6.07) is 22.4. The van der Waals surface area contributed by atoms with Crippen molar-refractivity contribution in [1.82, 2.24) is 15.8 Å². The van der Waals surface area contributed by atoms with Crippen LogP contribution in [0.1, 0.15) is 29.9 Å². The molecule has 31 heavy (non-hydrogen) atoms. The summed E-state index contributed by atoms with van der Waals surface area (Å²) in [7, 11) is 0. The van der Waals surface area contributed by atoms with Crippen LogP contribution >= 0.6 is 11.8 Å². The van der Waals surface area contributed by atoms with E-state index >= 15 is 0 Å². The van der Waals surface area contributed by atoms with Gasteiger partial charge in [0.15, 0.2) is 0 Å². The minimum absolute atomic E-state index is 0.126. The quantitative estimate of drug-likeness (QED) is 0.487. The van der Waals surface area contributed by atoms with E-state index in [4.69, 9.17) is 4.52 Å². The SMILES string of the molecule is O=C(C[C@H]1CCNC[C@@H]1Cc1cc(CSc2ccccc2)on1)NCc1ccccc1. The standard InChI is InChI=1S/C25H29N3O2S/c29-25(27-16-19-7-3-1-4-8-19)14-20-11-12-26-17-21(20)13-22-15-23(30-28-22)18-31-24-9-5-2-6-10-24/h1-10,15,20-21,26H,11-14,16-18H2,(H,27,29)/t20-,21+/m1/s1. The van der Waals surface area contributed by atoms with Gasteiger partial charge in [-0.1, -0.05) is 53.7 Å². The summed E-state index contributed by atoms with van der Waals surface area (Å²) in [6.45, 7) is 2.46. The molecular formula is C25H29N3O2S. The highest BCUT2D eigenvalue weighted by Gasteiger charge is 2.28. The molecule has 1 amide bonds. The molecular weight excluding hydrogens is 406 g/mol.